The number of hydrogen-bond acceptors (Lipinski definition) is 3. The zero-order chi connectivity index (χ0) is 13.2. The van der Waals surface area contributed by atoms with Gasteiger partial charge in [0, 0.05) is 16.7 Å². The lowest BCUT2D eigenvalue weighted by atomic mass is 10.2. The zero-order valence-electron chi connectivity index (χ0n) is 10.8. The number of aromatic nitrogens is 2. The molecule has 1 amide bonds. The number of carbonyl (C=O) groups is 1. The summed E-state index contributed by atoms with van der Waals surface area (Å²) in [5.41, 5.74) is 1.34. The monoisotopic (exact) mass is 263 g/mol. The standard InChI is InChI=1S/C13H17N3OS/c1-13(2,18-3)8-14-12(17)11-9-6-4-5-7-10(9)15-16-11/h4-7H,8H2,1-3H3,(H,14,17)(H,15,16). The summed E-state index contributed by atoms with van der Waals surface area (Å²) in [6.07, 6.45) is 2.04. The van der Waals surface area contributed by atoms with E-state index in [9.17, 15) is 4.79 Å². The molecule has 0 unspecified atom stereocenters. The number of amides is 1. The van der Waals surface area contributed by atoms with Crippen molar-refractivity contribution in [3.63, 3.8) is 0 Å². The van der Waals surface area contributed by atoms with Crippen LogP contribution < -0.4 is 5.32 Å². The van der Waals surface area contributed by atoms with Crippen LogP contribution in [0, 0.1) is 0 Å². The number of H-pyrrole nitrogens is 1. The van der Waals surface area contributed by atoms with Gasteiger partial charge in [0.25, 0.3) is 5.91 Å². The summed E-state index contributed by atoms with van der Waals surface area (Å²) >= 11 is 1.73. The number of nitrogens with zero attached hydrogens (tertiary/aromatic N) is 1. The maximum Gasteiger partial charge on any atom is 0.272 e. The number of para-hydroxylation sites is 1. The second-order valence-electron chi connectivity index (χ2n) is 4.76. The number of benzene rings is 1. The summed E-state index contributed by atoms with van der Waals surface area (Å²) < 4.78 is 0.0295. The molecule has 18 heavy (non-hydrogen) atoms. The van der Waals surface area contributed by atoms with Gasteiger partial charge >= 0.3 is 0 Å². The second-order valence-corrected chi connectivity index (χ2v) is 6.28. The van der Waals surface area contributed by atoms with E-state index in [0.717, 1.165) is 10.9 Å². The Morgan fingerprint density at radius 2 is 2.17 bits per heavy atom. The SMILES string of the molecule is CSC(C)(C)CNC(=O)c1n[nH]c2ccccc12. The van der Waals surface area contributed by atoms with Crippen molar-refractivity contribution in [2.75, 3.05) is 12.8 Å². The van der Waals surface area contributed by atoms with E-state index < -0.39 is 0 Å². The number of hydrogen-bond donors (Lipinski definition) is 2. The summed E-state index contributed by atoms with van der Waals surface area (Å²) in [5.74, 6) is -0.130. The highest BCUT2D eigenvalue weighted by atomic mass is 32.2. The van der Waals surface area contributed by atoms with E-state index in [0.29, 0.717) is 12.2 Å². The van der Waals surface area contributed by atoms with Crippen molar-refractivity contribution in [1.29, 1.82) is 0 Å². The molecule has 0 aliphatic rings. The highest BCUT2D eigenvalue weighted by molar-refractivity contribution is 7.99. The van der Waals surface area contributed by atoms with Gasteiger partial charge in [-0.3, -0.25) is 9.89 Å². The van der Waals surface area contributed by atoms with E-state index in [1.807, 2.05) is 30.5 Å². The molecule has 2 rings (SSSR count). The van der Waals surface area contributed by atoms with Gasteiger partial charge in [-0.1, -0.05) is 18.2 Å². The summed E-state index contributed by atoms with van der Waals surface area (Å²) in [5, 5.41) is 10.7. The van der Waals surface area contributed by atoms with Gasteiger partial charge in [-0.25, -0.2) is 0 Å². The highest BCUT2D eigenvalue weighted by Gasteiger charge is 2.19. The fourth-order valence-electron chi connectivity index (χ4n) is 1.59. The minimum absolute atomic E-state index is 0.0295. The van der Waals surface area contributed by atoms with E-state index in [4.69, 9.17) is 0 Å². The molecule has 1 heterocycles. The molecule has 0 saturated carbocycles. The molecule has 0 fully saturated rings. The van der Waals surface area contributed by atoms with Crippen LogP contribution in [-0.4, -0.2) is 33.7 Å². The third kappa shape index (κ3) is 2.67. The van der Waals surface area contributed by atoms with Gasteiger partial charge in [0.2, 0.25) is 0 Å². The van der Waals surface area contributed by atoms with Crippen LogP contribution in [0.15, 0.2) is 24.3 Å². The second kappa shape index (κ2) is 5.02. The minimum Gasteiger partial charge on any atom is -0.349 e. The van der Waals surface area contributed by atoms with E-state index in [-0.39, 0.29) is 10.7 Å². The molecular weight excluding hydrogens is 246 g/mol. The number of rotatable bonds is 4. The molecule has 0 aliphatic carbocycles. The van der Waals surface area contributed by atoms with Crippen LogP contribution in [0.1, 0.15) is 24.3 Å². The van der Waals surface area contributed by atoms with Gasteiger partial charge < -0.3 is 5.32 Å². The molecule has 0 aliphatic heterocycles. The maximum absolute atomic E-state index is 12.1. The Morgan fingerprint density at radius 1 is 1.44 bits per heavy atom. The van der Waals surface area contributed by atoms with Crippen LogP contribution in [0.5, 0.6) is 0 Å². The Morgan fingerprint density at radius 3 is 2.89 bits per heavy atom. The maximum atomic E-state index is 12.1. The fraction of sp³-hybridized carbons (Fsp3) is 0.385. The molecule has 2 aromatic rings. The highest BCUT2D eigenvalue weighted by Crippen LogP contribution is 2.20. The number of fused-ring (bicyclic) bond motifs is 1. The Bertz CT molecular complexity index is 562. The van der Waals surface area contributed by atoms with Crippen LogP contribution in [0.2, 0.25) is 0 Å². The fourth-order valence-corrected chi connectivity index (χ4v) is 1.80. The molecule has 0 saturated heterocycles. The molecule has 5 heteroatoms. The Balaban J connectivity index is 2.14. The van der Waals surface area contributed by atoms with Gasteiger partial charge in [-0.2, -0.15) is 16.9 Å². The summed E-state index contributed by atoms with van der Waals surface area (Å²) in [4.78, 5) is 12.1. The van der Waals surface area contributed by atoms with Crippen molar-refractivity contribution in [1.82, 2.24) is 15.5 Å². The normalized spacial score (nSPS) is 11.7. The predicted molar refractivity (Wildman–Crippen MR) is 76.0 cm³/mol. The lowest BCUT2D eigenvalue weighted by molar-refractivity contribution is 0.0947. The molecule has 4 nitrogen and oxygen atoms in total. The van der Waals surface area contributed by atoms with Crippen LogP contribution >= 0.6 is 11.8 Å². The summed E-state index contributed by atoms with van der Waals surface area (Å²) in [6, 6.07) is 7.62. The average Bonchev–Trinajstić information content (AvgIpc) is 2.80. The Hall–Kier alpha value is -1.49. The predicted octanol–water partition coefficient (Wildman–Crippen LogP) is 2.43. The first kappa shape index (κ1) is 13.0. The van der Waals surface area contributed by atoms with Crippen molar-refractivity contribution in [3.05, 3.63) is 30.0 Å². The van der Waals surface area contributed by atoms with Crippen LogP contribution in [0.3, 0.4) is 0 Å². The summed E-state index contributed by atoms with van der Waals surface area (Å²) in [7, 11) is 0. The summed E-state index contributed by atoms with van der Waals surface area (Å²) in [6.45, 7) is 4.81. The van der Waals surface area contributed by atoms with Crippen molar-refractivity contribution in [2.24, 2.45) is 0 Å². The Labute approximate surface area is 111 Å². The first-order chi connectivity index (χ1) is 8.53. The molecule has 0 spiro atoms. The molecule has 1 aromatic carbocycles. The lowest BCUT2D eigenvalue weighted by Gasteiger charge is -2.21. The number of aromatic amines is 1. The third-order valence-electron chi connectivity index (χ3n) is 2.91. The van der Waals surface area contributed by atoms with Gasteiger partial charge in [0.15, 0.2) is 5.69 Å². The van der Waals surface area contributed by atoms with E-state index in [1.165, 1.54) is 0 Å². The number of thioether (sulfide) groups is 1. The molecule has 2 N–H and O–H groups in total. The van der Waals surface area contributed by atoms with E-state index in [2.05, 4.69) is 29.4 Å². The van der Waals surface area contributed by atoms with Crippen molar-refractivity contribution in [3.8, 4) is 0 Å². The topological polar surface area (TPSA) is 57.8 Å². The Kier molecular flexibility index (Phi) is 3.61. The molecule has 0 atom stereocenters. The molecular formula is C13H17N3OS. The molecule has 96 valence electrons. The van der Waals surface area contributed by atoms with Crippen molar-refractivity contribution >= 4 is 28.6 Å². The van der Waals surface area contributed by atoms with Gasteiger partial charge in [0.05, 0.1) is 5.52 Å². The third-order valence-corrected chi connectivity index (χ3v) is 4.16. The minimum atomic E-state index is -0.130. The van der Waals surface area contributed by atoms with Crippen LogP contribution in [-0.2, 0) is 0 Å². The van der Waals surface area contributed by atoms with Crippen molar-refractivity contribution in [2.45, 2.75) is 18.6 Å². The molecule has 0 radical (unpaired) electrons. The lowest BCUT2D eigenvalue weighted by Crippen LogP contribution is -2.36. The van der Waals surface area contributed by atoms with Crippen LogP contribution in [0.25, 0.3) is 10.9 Å². The first-order valence-electron chi connectivity index (χ1n) is 5.80. The van der Waals surface area contributed by atoms with Gasteiger partial charge in [-0.05, 0) is 26.2 Å². The quantitative estimate of drug-likeness (QED) is 0.890. The largest absolute Gasteiger partial charge is 0.349 e. The molecule has 1 aromatic heterocycles. The van der Waals surface area contributed by atoms with Gasteiger partial charge in [-0.15, -0.1) is 0 Å². The number of carbonyl (C=O) groups excluding carboxylic acids is 1. The number of nitrogens with one attached hydrogen (secondary N) is 2. The average molecular weight is 263 g/mol. The first-order valence-corrected chi connectivity index (χ1v) is 7.02. The zero-order valence-corrected chi connectivity index (χ0v) is 11.6. The van der Waals surface area contributed by atoms with E-state index >= 15 is 0 Å². The molecule has 0 bridgehead atoms. The van der Waals surface area contributed by atoms with Crippen LogP contribution in [0.4, 0.5) is 0 Å². The smallest absolute Gasteiger partial charge is 0.272 e. The van der Waals surface area contributed by atoms with Gasteiger partial charge in [0.1, 0.15) is 0 Å². The van der Waals surface area contributed by atoms with Crippen molar-refractivity contribution < 1.29 is 4.79 Å². The van der Waals surface area contributed by atoms with E-state index in [1.54, 1.807) is 11.8 Å².